The van der Waals surface area contributed by atoms with Gasteiger partial charge in [0, 0.05) is 11.2 Å². The lowest BCUT2D eigenvalue weighted by molar-refractivity contribution is -0.137. The van der Waals surface area contributed by atoms with Crippen LogP contribution in [0.5, 0.6) is 0 Å². The van der Waals surface area contributed by atoms with Gasteiger partial charge in [-0.15, -0.1) is 5.10 Å². The summed E-state index contributed by atoms with van der Waals surface area (Å²) in [5.41, 5.74) is 1.04. The van der Waals surface area contributed by atoms with Crippen molar-refractivity contribution in [3.63, 3.8) is 0 Å². The number of nitrogens with one attached hydrogen (secondary N) is 1. The van der Waals surface area contributed by atoms with Crippen LogP contribution in [0.4, 0.5) is 5.95 Å². The summed E-state index contributed by atoms with van der Waals surface area (Å²) >= 11 is 5.94. The number of halogens is 1. The molecule has 1 aromatic carbocycles. The summed E-state index contributed by atoms with van der Waals surface area (Å²) in [6.07, 6.45) is 2.83. The van der Waals surface area contributed by atoms with E-state index < -0.39 is 18.4 Å². The van der Waals surface area contributed by atoms with Gasteiger partial charge in [-0.05, 0) is 23.8 Å². The molecule has 0 saturated heterocycles. The van der Waals surface area contributed by atoms with E-state index in [-0.39, 0.29) is 11.6 Å². The minimum atomic E-state index is -1.10. The molecule has 0 aliphatic rings. The van der Waals surface area contributed by atoms with Gasteiger partial charge < -0.3 is 5.11 Å². The van der Waals surface area contributed by atoms with E-state index in [0.717, 1.165) is 10.2 Å². The molecular weight excluding hydrogens is 348 g/mol. The third-order valence-electron chi connectivity index (χ3n) is 3.23. The molecule has 0 fully saturated rings. The molecule has 0 spiro atoms. The first-order chi connectivity index (χ1) is 12.0. The Bertz CT molecular complexity index is 919. The SMILES string of the molecule is O=C(O)Cn1nccc1C(=O)Nc1ncn(Cc2cccc(Cl)c2)n1. The molecule has 1 amide bonds. The molecule has 25 heavy (non-hydrogen) atoms. The van der Waals surface area contributed by atoms with Crippen molar-refractivity contribution < 1.29 is 14.7 Å². The topological polar surface area (TPSA) is 115 Å². The molecule has 0 aliphatic heterocycles. The van der Waals surface area contributed by atoms with E-state index in [4.69, 9.17) is 16.7 Å². The molecule has 2 heterocycles. The van der Waals surface area contributed by atoms with Crippen LogP contribution in [0, 0.1) is 0 Å². The highest BCUT2D eigenvalue weighted by molar-refractivity contribution is 6.30. The van der Waals surface area contributed by atoms with E-state index in [1.165, 1.54) is 18.6 Å². The van der Waals surface area contributed by atoms with Crippen LogP contribution < -0.4 is 5.32 Å². The van der Waals surface area contributed by atoms with Crippen LogP contribution in [0.2, 0.25) is 5.02 Å². The van der Waals surface area contributed by atoms with Crippen molar-refractivity contribution in [3.05, 3.63) is 59.1 Å². The molecule has 10 heteroatoms. The second-order valence-corrected chi connectivity index (χ2v) is 5.55. The smallest absolute Gasteiger partial charge is 0.325 e. The van der Waals surface area contributed by atoms with Crippen molar-refractivity contribution in [3.8, 4) is 0 Å². The number of hydrogen-bond donors (Lipinski definition) is 2. The predicted molar refractivity (Wildman–Crippen MR) is 88.4 cm³/mol. The molecular formula is C15H13ClN6O3. The van der Waals surface area contributed by atoms with Gasteiger partial charge in [0.1, 0.15) is 18.6 Å². The quantitative estimate of drug-likeness (QED) is 0.688. The lowest BCUT2D eigenvalue weighted by Crippen LogP contribution is -2.21. The molecule has 0 saturated carbocycles. The lowest BCUT2D eigenvalue weighted by Gasteiger charge is -2.04. The predicted octanol–water partition coefficient (Wildman–Crippen LogP) is 1.51. The fraction of sp³-hybridized carbons (Fsp3) is 0.133. The van der Waals surface area contributed by atoms with Gasteiger partial charge in [-0.3, -0.25) is 14.9 Å². The summed E-state index contributed by atoms with van der Waals surface area (Å²) in [4.78, 5) is 27.0. The minimum Gasteiger partial charge on any atom is -0.480 e. The lowest BCUT2D eigenvalue weighted by atomic mass is 10.2. The van der Waals surface area contributed by atoms with Crippen molar-refractivity contribution in [2.24, 2.45) is 0 Å². The number of rotatable bonds is 6. The normalized spacial score (nSPS) is 10.6. The van der Waals surface area contributed by atoms with Crippen LogP contribution >= 0.6 is 11.6 Å². The minimum absolute atomic E-state index is 0.105. The molecule has 3 rings (SSSR count). The van der Waals surface area contributed by atoms with Gasteiger partial charge in [-0.25, -0.2) is 14.3 Å². The molecule has 3 aromatic rings. The van der Waals surface area contributed by atoms with Gasteiger partial charge >= 0.3 is 5.97 Å². The number of aliphatic carboxylic acids is 1. The Morgan fingerprint density at radius 3 is 2.88 bits per heavy atom. The first kappa shape index (κ1) is 16.7. The number of benzene rings is 1. The Balaban J connectivity index is 1.68. The van der Waals surface area contributed by atoms with Crippen LogP contribution in [0.1, 0.15) is 16.1 Å². The Kier molecular flexibility index (Phi) is 4.75. The summed E-state index contributed by atoms with van der Waals surface area (Å²) in [6, 6.07) is 8.74. The van der Waals surface area contributed by atoms with E-state index in [0.29, 0.717) is 11.6 Å². The van der Waals surface area contributed by atoms with Gasteiger partial charge in [0.25, 0.3) is 5.91 Å². The molecule has 2 aromatic heterocycles. The molecule has 0 atom stereocenters. The average Bonchev–Trinajstić information content (AvgIpc) is 3.16. The third-order valence-corrected chi connectivity index (χ3v) is 3.46. The number of hydrogen-bond acceptors (Lipinski definition) is 5. The number of anilines is 1. The van der Waals surface area contributed by atoms with Crippen molar-refractivity contribution in [1.82, 2.24) is 24.5 Å². The zero-order valence-electron chi connectivity index (χ0n) is 12.8. The van der Waals surface area contributed by atoms with E-state index in [9.17, 15) is 9.59 Å². The van der Waals surface area contributed by atoms with Crippen molar-refractivity contribution in [2.45, 2.75) is 13.1 Å². The summed E-state index contributed by atoms with van der Waals surface area (Å²) in [5.74, 6) is -1.53. The van der Waals surface area contributed by atoms with E-state index >= 15 is 0 Å². The first-order valence-electron chi connectivity index (χ1n) is 7.20. The number of carboxylic acids is 1. The van der Waals surface area contributed by atoms with E-state index in [1.54, 1.807) is 10.7 Å². The Morgan fingerprint density at radius 1 is 1.28 bits per heavy atom. The van der Waals surface area contributed by atoms with Crippen LogP contribution in [-0.2, 0) is 17.9 Å². The average molecular weight is 361 g/mol. The highest BCUT2D eigenvalue weighted by Crippen LogP contribution is 2.12. The molecule has 0 aliphatic carbocycles. The van der Waals surface area contributed by atoms with Gasteiger partial charge in [0.15, 0.2) is 0 Å². The highest BCUT2D eigenvalue weighted by Gasteiger charge is 2.15. The Hall–Kier alpha value is -3.20. The van der Waals surface area contributed by atoms with Crippen molar-refractivity contribution in [1.29, 1.82) is 0 Å². The van der Waals surface area contributed by atoms with Gasteiger partial charge in [-0.1, -0.05) is 23.7 Å². The third kappa shape index (κ3) is 4.21. The van der Waals surface area contributed by atoms with E-state index in [1.807, 2.05) is 18.2 Å². The number of aromatic nitrogens is 5. The zero-order chi connectivity index (χ0) is 17.8. The van der Waals surface area contributed by atoms with Gasteiger partial charge in [0.05, 0.1) is 6.54 Å². The first-order valence-corrected chi connectivity index (χ1v) is 7.58. The number of nitrogens with zero attached hydrogens (tertiary/aromatic N) is 5. The van der Waals surface area contributed by atoms with Crippen LogP contribution in [0.3, 0.4) is 0 Å². The molecule has 2 N–H and O–H groups in total. The van der Waals surface area contributed by atoms with Crippen molar-refractivity contribution in [2.75, 3.05) is 5.32 Å². The number of carboxylic acid groups (broad SMARTS) is 1. The molecule has 128 valence electrons. The van der Waals surface area contributed by atoms with Crippen molar-refractivity contribution >= 4 is 29.4 Å². The van der Waals surface area contributed by atoms with Crippen LogP contribution in [0.25, 0.3) is 0 Å². The fourth-order valence-electron chi connectivity index (χ4n) is 2.20. The second-order valence-electron chi connectivity index (χ2n) is 5.12. The zero-order valence-corrected chi connectivity index (χ0v) is 13.6. The van der Waals surface area contributed by atoms with Crippen LogP contribution in [-0.4, -0.2) is 41.5 Å². The maximum Gasteiger partial charge on any atom is 0.325 e. The van der Waals surface area contributed by atoms with Gasteiger partial charge in [-0.2, -0.15) is 5.10 Å². The summed E-state index contributed by atoms with van der Waals surface area (Å²) in [6.45, 7) is 0.0345. The second kappa shape index (κ2) is 7.14. The molecule has 9 nitrogen and oxygen atoms in total. The number of carbonyl (C=O) groups is 2. The molecule has 0 radical (unpaired) electrons. The summed E-state index contributed by atoms with van der Waals surface area (Å²) in [5, 5.41) is 19.9. The maximum absolute atomic E-state index is 12.2. The number of carbonyl (C=O) groups excluding carboxylic acids is 1. The van der Waals surface area contributed by atoms with E-state index in [2.05, 4.69) is 20.5 Å². The van der Waals surface area contributed by atoms with Gasteiger partial charge in [0.2, 0.25) is 5.95 Å². The maximum atomic E-state index is 12.2. The monoisotopic (exact) mass is 360 g/mol. The highest BCUT2D eigenvalue weighted by atomic mass is 35.5. The molecule has 0 bridgehead atoms. The Morgan fingerprint density at radius 2 is 2.12 bits per heavy atom. The standard InChI is InChI=1S/C15H13ClN6O3/c16-11-3-1-2-10(6-11)7-21-9-17-15(20-21)19-14(25)12-4-5-18-22(12)8-13(23)24/h1-6,9H,7-8H2,(H,23,24)(H,19,20,25). The van der Waals surface area contributed by atoms with Crippen LogP contribution in [0.15, 0.2) is 42.9 Å². The summed E-state index contributed by atoms with van der Waals surface area (Å²) in [7, 11) is 0. The summed E-state index contributed by atoms with van der Waals surface area (Å²) < 4.78 is 2.64. The largest absolute Gasteiger partial charge is 0.480 e. The molecule has 0 unspecified atom stereocenters. The Labute approximate surface area is 146 Å². The number of amides is 1. The fourth-order valence-corrected chi connectivity index (χ4v) is 2.41.